The van der Waals surface area contributed by atoms with E-state index in [1.165, 1.54) is 0 Å². The third-order valence-corrected chi connectivity index (χ3v) is 6.03. The molecule has 3 aromatic rings. The van der Waals surface area contributed by atoms with E-state index in [1.807, 2.05) is 7.05 Å². The summed E-state index contributed by atoms with van der Waals surface area (Å²) in [6.45, 7) is 3.80. The fourth-order valence-electron chi connectivity index (χ4n) is 3.50. The highest BCUT2D eigenvalue weighted by atomic mass is 32.1. The van der Waals surface area contributed by atoms with Crippen LogP contribution < -0.4 is 5.32 Å². The summed E-state index contributed by atoms with van der Waals surface area (Å²) >= 11 is 0.816. The smallest absolute Gasteiger partial charge is 0.450 e. The Morgan fingerprint density at radius 2 is 1.80 bits per heavy atom. The fraction of sp³-hybridized carbons (Fsp3) is 0.381. The minimum absolute atomic E-state index is 0.00549. The Balaban J connectivity index is 1.54. The van der Waals surface area contributed by atoms with Crippen LogP contribution in [0.15, 0.2) is 34.7 Å². The van der Waals surface area contributed by atoms with Gasteiger partial charge in [-0.15, -0.1) is 0 Å². The van der Waals surface area contributed by atoms with Crippen LogP contribution in [0.3, 0.4) is 0 Å². The van der Waals surface area contributed by atoms with Gasteiger partial charge in [0.2, 0.25) is 10.9 Å². The summed E-state index contributed by atoms with van der Waals surface area (Å²) in [5, 5.41) is 2.27. The van der Waals surface area contributed by atoms with E-state index < -0.39 is 40.9 Å². The van der Waals surface area contributed by atoms with E-state index in [-0.39, 0.29) is 10.7 Å². The molecule has 1 fully saturated rings. The summed E-state index contributed by atoms with van der Waals surface area (Å²) in [7, 11) is 2.01. The molecule has 3 heterocycles. The number of carbonyl (C=O) groups excluding carboxylic acids is 1. The summed E-state index contributed by atoms with van der Waals surface area (Å²) in [6, 6.07) is 4.39. The van der Waals surface area contributed by atoms with Gasteiger partial charge < -0.3 is 9.32 Å². The fourth-order valence-corrected chi connectivity index (χ4v) is 4.08. The topological polar surface area (TPSA) is 74.5 Å². The molecule has 0 saturated carbocycles. The van der Waals surface area contributed by atoms with Crippen molar-refractivity contribution in [2.75, 3.05) is 38.5 Å². The summed E-state index contributed by atoms with van der Waals surface area (Å²) < 4.78 is 88.6. The SMILES string of the molecule is CN1CCN(Cc2nsc(NC(=O)c3cc(-c4cccc(C(F)(F)F)c4)oc3C(F)(F)F)n2)CC1. The van der Waals surface area contributed by atoms with Crippen molar-refractivity contribution in [1.82, 2.24) is 19.2 Å². The minimum Gasteiger partial charge on any atom is -0.451 e. The van der Waals surface area contributed by atoms with E-state index in [0.29, 0.717) is 18.4 Å². The van der Waals surface area contributed by atoms with Gasteiger partial charge in [0.25, 0.3) is 5.91 Å². The second-order valence-electron chi connectivity index (χ2n) is 7.98. The van der Waals surface area contributed by atoms with Gasteiger partial charge >= 0.3 is 12.4 Å². The summed E-state index contributed by atoms with van der Waals surface area (Å²) in [5.74, 6) is -2.89. The molecular formula is C21H19F6N5O2S. The first kappa shape index (κ1) is 25.1. The monoisotopic (exact) mass is 519 g/mol. The lowest BCUT2D eigenvalue weighted by molar-refractivity contribution is -0.153. The van der Waals surface area contributed by atoms with Crippen LogP contribution in [-0.2, 0) is 18.9 Å². The van der Waals surface area contributed by atoms with Crippen LogP contribution in [0, 0.1) is 0 Å². The number of alkyl halides is 6. The van der Waals surface area contributed by atoms with Crippen LogP contribution in [0.2, 0.25) is 0 Å². The molecule has 0 bridgehead atoms. The number of aromatic nitrogens is 2. The van der Waals surface area contributed by atoms with Crippen molar-refractivity contribution in [2.45, 2.75) is 18.9 Å². The van der Waals surface area contributed by atoms with Crippen LogP contribution in [-0.4, -0.2) is 58.3 Å². The van der Waals surface area contributed by atoms with Crippen LogP contribution in [0.4, 0.5) is 31.5 Å². The lowest BCUT2D eigenvalue weighted by Crippen LogP contribution is -2.44. The number of piperazine rings is 1. The molecule has 0 radical (unpaired) electrons. The first-order valence-electron chi connectivity index (χ1n) is 10.3. The van der Waals surface area contributed by atoms with Crippen molar-refractivity contribution in [3.63, 3.8) is 0 Å². The zero-order chi connectivity index (χ0) is 25.4. The second kappa shape index (κ2) is 9.59. The molecule has 0 unspecified atom stereocenters. The first-order valence-corrected chi connectivity index (χ1v) is 11.1. The van der Waals surface area contributed by atoms with Crippen LogP contribution in [0.25, 0.3) is 11.3 Å². The molecule has 4 rings (SSSR count). The Morgan fingerprint density at radius 1 is 1.09 bits per heavy atom. The molecule has 1 aliphatic rings. The lowest BCUT2D eigenvalue weighted by atomic mass is 10.1. The predicted octanol–water partition coefficient (Wildman–Crippen LogP) is 4.84. The lowest BCUT2D eigenvalue weighted by Gasteiger charge is -2.31. The highest BCUT2D eigenvalue weighted by Crippen LogP contribution is 2.39. The molecule has 0 spiro atoms. The average molecular weight is 519 g/mol. The zero-order valence-corrected chi connectivity index (χ0v) is 19.0. The molecule has 1 aromatic carbocycles. The van der Waals surface area contributed by atoms with Gasteiger partial charge in [-0.1, -0.05) is 12.1 Å². The highest BCUT2D eigenvalue weighted by molar-refractivity contribution is 7.09. The number of benzene rings is 1. The number of likely N-dealkylation sites (N-methyl/N-ethyl adjacent to an activating group) is 1. The summed E-state index contributed by atoms with van der Waals surface area (Å²) in [6.07, 6.45) is -9.75. The molecule has 1 saturated heterocycles. The average Bonchev–Trinajstić information content (AvgIpc) is 3.42. The number of halogens is 6. The van der Waals surface area contributed by atoms with Crippen LogP contribution in [0.5, 0.6) is 0 Å². The van der Waals surface area contributed by atoms with Crippen molar-refractivity contribution in [2.24, 2.45) is 0 Å². The predicted molar refractivity (Wildman–Crippen MR) is 115 cm³/mol. The van der Waals surface area contributed by atoms with Crippen molar-refractivity contribution in [3.05, 3.63) is 53.0 Å². The summed E-state index contributed by atoms with van der Waals surface area (Å²) in [4.78, 5) is 21.1. The van der Waals surface area contributed by atoms with Gasteiger partial charge in [0.05, 0.1) is 17.7 Å². The van der Waals surface area contributed by atoms with Gasteiger partial charge in [0, 0.05) is 43.3 Å². The van der Waals surface area contributed by atoms with E-state index in [0.717, 1.165) is 62.0 Å². The second-order valence-corrected chi connectivity index (χ2v) is 8.73. The third-order valence-electron chi connectivity index (χ3n) is 5.36. The Hall–Kier alpha value is -2.97. The van der Waals surface area contributed by atoms with E-state index in [9.17, 15) is 31.1 Å². The highest BCUT2D eigenvalue weighted by Gasteiger charge is 2.41. The van der Waals surface area contributed by atoms with Gasteiger partial charge in [-0.25, -0.2) is 4.98 Å². The number of nitrogens with zero attached hydrogens (tertiary/aromatic N) is 4. The van der Waals surface area contributed by atoms with Crippen LogP contribution >= 0.6 is 11.5 Å². The zero-order valence-electron chi connectivity index (χ0n) is 18.2. The van der Waals surface area contributed by atoms with Gasteiger partial charge in [0.1, 0.15) is 5.76 Å². The molecule has 188 valence electrons. The normalized spacial score (nSPS) is 16.0. The number of rotatable bonds is 5. The number of amides is 1. The number of nitrogens with one attached hydrogen (secondary N) is 1. The Morgan fingerprint density at radius 3 is 2.46 bits per heavy atom. The Bertz CT molecular complexity index is 1200. The standard InChI is InChI=1S/C21H19F6N5O2S/c1-31-5-7-32(8-6-31)11-16-28-19(35-30-16)29-18(33)14-10-15(34-17(14)21(25,26)27)12-3-2-4-13(9-12)20(22,23)24/h2-4,9-10H,5-8,11H2,1H3,(H,28,29,30,33). The molecule has 0 atom stereocenters. The number of hydrogen-bond donors (Lipinski definition) is 1. The van der Waals surface area contributed by atoms with E-state index in [2.05, 4.69) is 24.5 Å². The van der Waals surface area contributed by atoms with Gasteiger partial charge in [-0.2, -0.15) is 30.7 Å². The van der Waals surface area contributed by atoms with Crippen molar-refractivity contribution < 1.29 is 35.6 Å². The molecule has 1 amide bonds. The van der Waals surface area contributed by atoms with Gasteiger partial charge in [-0.3, -0.25) is 15.0 Å². The maximum Gasteiger partial charge on any atom is 0.450 e. The molecule has 2 aromatic heterocycles. The Labute approximate surface area is 199 Å². The van der Waals surface area contributed by atoms with Crippen molar-refractivity contribution >= 4 is 22.6 Å². The van der Waals surface area contributed by atoms with Crippen molar-refractivity contribution in [3.8, 4) is 11.3 Å². The number of hydrogen-bond acceptors (Lipinski definition) is 7. The van der Waals surface area contributed by atoms with Gasteiger partial charge in [-0.05, 0) is 25.2 Å². The van der Waals surface area contributed by atoms with E-state index in [4.69, 9.17) is 4.42 Å². The van der Waals surface area contributed by atoms with Crippen LogP contribution in [0.1, 0.15) is 27.5 Å². The maximum absolute atomic E-state index is 13.5. The molecule has 7 nitrogen and oxygen atoms in total. The minimum atomic E-state index is -5.06. The molecular weight excluding hydrogens is 500 g/mol. The van der Waals surface area contributed by atoms with Crippen molar-refractivity contribution in [1.29, 1.82) is 0 Å². The number of carbonyl (C=O) groups is 1. The Kier molecular flexibility index (Phi) is 6.88. The quantitative estimate of drug-likeness (QED) is 0.487. The number of anilines is 1. The maximum atomic E-state index is 13.5. The molecule has 1 N–H and O–H groups in total. The van der Waals surface area contributed by atoms with Gasteiger partial charge in [0.15, 0.2) is 5.82 Å². The third kappa shape index (κ3) is 6.00. The molecule has 35 heavy (non-hydrogen) atoms. The molecule has 1 aliphatic heterocycles. The van der Waals surface area contributed by atoms with E-state index in [1.54, 1.807) is 0 Å². The molecule has 14 heteroatoms. The summed E-state index contributed by atoms with van der Waals surface area (Å²) in [5.41, 5.74) is -2.19. The number of furan rings is 1. The molecule has 0 aliphatic carbocycles. The first-order chi connectivity index (χ1) is 16.4. The van der Waals surface area contributed by atoms with E-state index >= 15 is 0 Å². The largest absolute Gasteiger partial charge is 0.451 e.